The molecule has 0 bridgehead atoms. The normalized spacial score (nSPS) is 10.8. The highest BCUT2D eigenvalue weighted by atomic mass is 16.6. The van der Waals surface area contributed by atoms with Crippen LogP contribution in [0.5, 0.6) is 0 Å². The van der Waals surface area contributed by atoms with Gasteiger partial charge in [0, 0.05) is 13.1 Å². The standard InChI is InChI=1S/C19H39N3O4/c1-5-7-12-20-18(23)25-15-10-17(9-14-22(3)4)11-16-26-19(24)21-13-8-6-2/h17H,5-16H2,1-4H3,(H,20,23)(H,21,24). The topological polar surface area (TPSA) is 79.9 Å². The number of ether oxygens (including phenoxy) is 2. The fourth-order valence-corrected chi connectivity index (χ4v) is 2.35. The predicted molar refractivity (Wildman–Crippen MR) is 104 cm³/mol. The lowest BCUT2D eigenvalue weighted by Gasteiger charge is -2.19. The Bertz CT molecular complexity index is 337. The fourth-order valence-electron chi connectivity index (χ4n) is 2.35. The number of rotatable bonds is 15. The molecule has 0 aliphatic carbocycles. The van der Waals surface area contributed by atoms with E-state index in [0.717, 1.165) is 51.5 Å². The molecular formula is C19H39N3O4. The molecule has 2 N–H and O–H groups in total. The Balaban J connectivity index is 4.03. The predicted octanol–water partition coefficient (Wildman–Crippen LogP) is 3.39. The Morgan fingerprint density at radius 1 is 0.846 bits per heavy atom. The maximum absolute atomic E-state index is 11.6. The summed E-state index contributed by atoms with van der Waals surface area (Å²) in [5, 5.41) is 5.49. The molecule has 0 fully saturated rings. The third-order valence-electron chi connectivity index (χ3n) is 4.10. The van der Waals surface area contributed by atoms with Crippen LogP contribution in [0.1, 0.15) is 58.8 Å². The van der Waals surface area contributed by atoms with Gasteiger partial charge in [-0.15, -0.1) is 0 Å². The first-order valence-electron chi connectivity index (χ1n) is 9.95. The van der Waals surface area contributed by atoms with Gasteiger partial charge in [0.25, 0.3) is 0 Å². The van der Waals surface area contributed by atoms with E-state index in [-0.39, 0.29) is 12.2 Å². The largest absolute Gasteiger partial charge is 0.450 e. The van der Waals surface area contributed by atoms with Crippen molar-refractivity contribution in [3.8, 4) is 0 Å². The second-order valence-corrected chi connectivity index (χ2v) is 6.87. The molecule has 0 unspecified atom stereocenters. The highest BCUT2D eigenvalue weighted by Gasteiger charge is 2.12. The number of hydrogen-bond acceptors (Lipinski definition) is 5. The number of amides is 2. The Hall–Kier alpha value is -1.50. The average Bonchev–Trinajstić information content (AvgIpc) is 2.59. The van der Waals surface area contributed by atoms with Crippen LogP contribution in [0.2, 0.25) is 0 Å². The molecule has 0 rings (SSSR count). The molecule has 7 heteroatoms. The van der Waals surface area contributed by atoms with E-state index in [1.807, 2.05) is 14.1 Å². The summed E-state index contributed by atoms with van der Waals surface area (Å²) in [6.07, 6.45) is 5.82. The summed E-state index contributed by atoms with van der Waals surface area (Å²) in [6.45, 7) is 7.19. The van der Waals surface area contributed by atoms with Gasteiger partial charge in [-0.1, -0.05) is 26.7 Å². The summed E-state index contributed by atoms with van der Waals surface area (Å²) < 4.78 is 10.5. The second-order valence-electron chi connectivity index (χ2n) is 6.87. The number of unbranched alkanes of at least 4 members (excludes halogenated alkanes) is 2. The van der Waals surface area contributed by atoms with E-state index < -0.39 is 0 Å². The van der Waals surface area contributed by atoms with Crippen molar-refractivity contribution in [3.05, 3.63) is 0 Å². The summed E-state index contributed by atoms with van der Waals surface area (Å²) in [5.74, 6) is 0.351. The van der Waals surface area contributed by atoms with Crippen LogP contribution in [0.3, 0.4) is 0 Å². The minimum atomic E-state index is -0.351. The van der Waals surface area contributed by atoms with Gasteiger partial charge >= 0.3 is 12.2 Å². The molecule has 0 saturated carbocycles. The number of carbonyl (C=O) groups is 2. The van der Waals surface area contributed by atoms with Gasteiger partial charge in [-0.25, -0.2) is 9.59 Å². The zero-order chi connectivity index (χ0) is 19.6. The molecule has 0 heterocycles. The summed E-state index contributed by atoms with van der Waals surface area (Å²) in [7, 11) is 4.07. The molecule has 26 heavy (non-hydrogen) atoms. The van der Waals surface area contributed by atoms with Gasteiger partial charge in [-0.05, 0) is 58.7 Å². The van der Waals surface area contributed by atoms with Crippen molar-refractivity contribution in [3.63, 3.8) is 0 Å². The third kappa shape index (κ3) is 16.0. The van der Waals surface area contributed by atoms with Gasteiger partial charge in [0.05, 0.1) is 13.2 Å². The van der Waals surface area contributed by atoms with Crippen LogP contribution in [0, 0.1) is 5.92 Å². The molecule has 0 aliphatic heterocycles. The van der Waals surface area contributed by atoms with E-state index in [1.54, 1.807) is 0 Å². The molecule has 0 spiro atoms. The van der Waals surface area contributed by atoms with Gasteiger partial charge in [-0.3, -0.25) is 0 Å². The zero-order valence-corrected chi connectivity index (χ0v) is 17.1. The molecule has 0 aromatic rings. The summed E-state index contributed by atoms with van der Waals surface area (Å²) in [5.41, 5.74) is 0. The van der Waals surface area contributed by atoms with E-state index >= 15 is 0 Å². The van der Waals surface area contributed by atoms with Crippen molar-refractivity contribution >= 4 is 12.2 Å². The first kappa shape index (κ1) is 24.5. The summed E-state index contributed by atoms with van der Waals surface area (Å²) in [4.78, 5) is 25.3. The molecule has 154 valence electrons. The van der Waals surface area contributed by atoms with E-state index in [4.69, 9.17) is 9.47 Å². The summed E-state index contributed by atoms with van der Waals surface area (Å²) in [6, 6.07) is 0. The average molecular weight is 374 g/mol. The molecule has 0 aliphatic rings. The van der Waals surface area contributed by atoms with E-state index in [1.165, 1.54) is 0 Å². The molecule has 0 saturated heterocycles. The number of carbonyl (C=O) groups excluding carboxylic acids is 2. The second kappa shape index (κ2) is 16.9. The highest BCUT2D eigenvalue weighted by molar-refractivity contribution is 5.67. The third-order valence-corrected chi connectivity index (χ3v) is 4.10. The first-order valence-corrected chi connectivity index (χ1v) is 9.95. The van der Waals surface area contributed by atoms with Crippen molar-refractivity contribution in [1.82, 2.24) is 15.5 Å². The van der Waals surface area contributed by atoms with Crippen LogP contribution < -0.4 is 10.6 Å². The molecule has 0 aromatic heterocycles. The quantitative estimate of drug-likeness (QED) is 0.430. The molecular weight excluding hydrogens is 334 g/mol. The number of nitrogens with zero attached hydrogens (tertiary/aromatic N) is 1. The van der Waals surface area contributed by atoms with Crippen molar-refractivity contribution in [2.75, 3.05) is 46.9 Å². The van der Waals surface area contributed by atoms with Crippen LogP contribution in [-0.4, -0.2) is 64.0 Å². The van der Waals surface area contributed by atoms with Gasteiger partial charge in [0.2, 0.25) is 0 Å². The number of hydrogen-bond donors (Lipinski definition) is 2. The van der Waals surface area contributed by atoms with Crippen LogP contribution in [0.4, 0.5) is 9.59 Å². The van der Waals surface area contributed by atoms with Crippen molar-refractivity contribution in [2.24, 2.45) is 5.92 Å². The van der Waals surface area contributed by atoms with Crippen LogP contribution >= 0.6 is 0 Å². The van der Waals surface area contributed by atoms with Crippen molar-refractivity contribution < 1.29 is 19.1 Å². The summed E-state index contributed by atoms with van der Waals surface area (Å²) >= 11 is 0. The van der Waals surface area contributed by atoms with E-state index in [0.29, 0.717) is 32.2 Å². The molecule has 0 atom stereocenters. The SMILES string of the molecule is CCCCNC(=O)OCCC(CCOC(=O)NCCCC)CCN(C)C. The smallest absolute Gasteiger partial charge is 0.407 e. The van der Waals surface area contributed by atoms with Crippen LogP contribution in [0.15, 0.2) is 0 Å². The van der Waals surface area contributed by atoms with Crippen LogP contribution in [-0.2, 0) is 9.47 Å². The van der Waals surface area contributed by atoms with Crippen LogP contribution in [0.25, 0.3) is 0 Å². The highest BCUT2D eigenvalue weighted by Crippen LogP contribution is 2.14. The van der Waals surface area contributed by atoms with E-state index in [9.17, 15) is 9.59 Å². The maximum atomic E-state index is 11.6. The lowest BCUT2D eigenvalue weighted by Crippen LogP contribution is -2.27. The minimum absolute atomic E-state index is 0.351. The van der Waals surface area contributed by atoms with Gasteiger partial charge in [0.1, 0.15) is 0 Å². The van der Waals surface area contributed by atoms with Gasteiger partial charge < -0.3 is 25.0 Å². The maximum Gasteiger partial charge on any atom is 0.407 e. The molecule has 0 aromatic carbocycles. The van der Waals surface area contributed by atoms with E-state index in [2.05, 4.69) is 29.4 Å². The Morgan fingerprint density at radius 2 is 1.31 bits per heavy atom. The van der Waals surface area contributed by atoms with Gasteiger partial charge in [0.15, 0.2) is 0 Å². The molecule has 2 amide bonds. The van der Waals surface area contributed by atoms with Gasteiger partial charge in [-0.2, -0.15) is 0 Å². The lowest BCUT2D eigenvalue weighted by molar-refractivity contribution is 0.122. The number of nitrogens with one attached hydrogen (secondary N) is 2. The Morgan fingerprint density at radius 3 is 1.69 bits per heavy atom. The molecule has 0 radical (unpaired) electrons. The minimum Gasteiger partial charge on any atom is -0.450 e. The Kier molecular flexibility index (Phi) is 16.0. The van der Waals surface area contributed by atoms with Crippen molar-refractivity contribution in [2.45, 2.75) is 58.8 Å². The number of alkyl carbamates (subject to hydrolysis) is 2. The molecule has 7 nitrogen and oxygen atoms in total. The monoisotopic (exact) mass is 373 g/mol. The lowest BCUT2D eigenvalue weighted by atomic mass is 9.98. The first-order chi connectivity index (χ1) is 12.5. The zero-order valence-electron chi connectivity index (χ0n) is 17.1. The Labute approximate surface area is 159 Å². The fraction of sp³-hybridized carbons (Fsp3) is 0.895. The van der Waals surface area contributed by atoms with Crippen molar-refractivity contribution in [1.29, 1.82) is 0 Å².